The maximum Gasteiger partial charge on any atom is 0.271 e. The van der Waals surface area contributed by atoms with Gasteiger partial charge in [-0.3, -0.25) is 4.79 Å². The molecule has 1 heterocycles. The van der Waals surface area contributed by atoms with Gasteiger partial charge in [-0.25, -0.2) is 5.43 Å². The van der Waals surface area contributed by atoms with Crippen LogP contribution in [0.4, 0.5) is 0 Å². The fourth-order valence-corrected chi connectivity index (χ4v) is 2.77. The maximum atomic E-state index is 12.3. The van der Waals surface area contributed by atoms with Gasteiger partial charge in [-0.15, -0.1) is 0 Å². The molecule has 0 fully saturated rings. The lowest BCUT2D eigenvalue weighted by atomic mass is 10.2. The van der Waals surface area contributed by atoms with Gasteiger partial charge in [-0.1, -0.05) is 13.0 Å². The molecule has 7 nitrogen and oxygen atoms in total. The molecular weight excluding hydrogens is 364 g/mol. The molecule has 1 amide bonds. The van der Waals surface area contributed by atoms with E-state index < -0.39 is 0 Å². The topological polar surface area (TPSA) is 91.5 Å². The number of carbonyl (C=O) groups excluding carboxylic acids is 1. The fraction of sp³-hybridized carbons (Fsp3) is 0.211. The summed E-state index contributed by atoms with van der Waals surface area (Å²) in [5.74, 6) is 0.889. The first-order valence-corrected chi connectivity index (χ1v) is 8.88. The Morgan fingerprint density at radius 2 is 2.07 bits per heavy atom. The molecule has 0 unspecified atom stereocenters. The van der Waals surface area contributed by atoms with E-state index in [9.17, 15) is 4.79 Å². The fourth-order valence-electron chi connectivity index (χ4n) is 2.55. The molecule has 3 N–H and O–H groups in total. The zero-order valence-electron chi connectivity index (χ0n) is 15.0. The van der Waals surface area contributed by atoms with Crippen LogP contribution in [0, 0.1) is 4.77 Å². The number of ether oxygens (including phenoxy) is 2. The number of hydrogen-bond donors (Lipinski definition) is 3. The van der Waals surface area contributed by atoms with Crippen LogP contribution in [-0.2, 0) is 0 Å². The van der Waals surface area contributed by atoms with Crippen LogP contribution >= 0.6 is 12.2 Å². The Kier molecular flexibility index (Phi) is 5.87. The smallest absolute Gasteiger partial charge is 0.271 e. The average molecular weight is 384 g/mol. The van der Waals surface area contributed by atoms with Crippen LogP contribution in [0.3, 0.4) is 0 Å². The van der Waals surface area contributed by atoms with Gasteiger partial charge in [0.2, 0.25) is 0 Å². The Hall–Kier alpha value is -3.13. The summed E-state index contributed by atoms with van der Waals surface area (Å²) in [6.45, 7) is 2.59. The number of nitrogens with one attached hydrogen (secondary N) is 3. The monoisotopic (exact) mass is 384 g/mol. The third-order valence-corrected chi connectivity index (χ3v) is 4.03. The van der Waals surface area contributed by atoms with E-state index in [0.717, 1.165) is 17.5 Å². The molecule has 0 saturated carbocycles. The van der Waals surface area contributed by atoms with Gasteiger partial charge < -0.3 is 19.4 Å². The number of H-pyrrole nitrogens is 2. The summed E-state index contributed by atoms with van der Waals surface area (Å²) >= 11 is 5.05. The summed E-state index contributed by atoms with van der Waals surface area (Å²) in [5, 5.41) is 4.05. The average Bonchev–Trinajstić information content (AvgIpc) is 3.05. The van der Waals surface area contributed by atoms with Crippen LogP contribution in [0.15, 0.2) is 41.5 Å². The van der Waals surface area contributed by atoms with E-state index >= 15 is 0 Å². The molecule has 3 rings (SSSR count). The van der Waals surface area contributed by atoms with E-state index in [4.69, 9.17) is 21.7 Å². The number of fused-ring (bicyclic) bond motifs is 1. The zero-order valence-corrected chi connectivity index (χ0v) is 15.9. The lowest BCUT2D eigenvalue weighted by molar-refractivity contribution is 0.0955. The summed E-state index contributed by atoms with van der Waals surface area (Å²) in [6.07, 6.45) is 2.41. The third-order valence-electron chi connectivity index (χ3n) is 3.83. The third kappa shape index (κ3) is 4.35. The van der Waals surface area contributed by atoms with Crippen LogP contribution < -0.4 is 14.9 Å². The van der Waals surface area contributed by atoms with Crippen molar-refractivity contribution in [2.75, 3.05) is 13.7 Å². The number of rotatable bonds is 7. The van der Waals surface area contributed by atoms with Crippen LogP contribution in [0.25, 0.3) is 11.0 Å². The molecule has 0 radical (unpaired) electrons. The van der Waals surface area contributed by atoms with Crippen LogP contribution in [0.1, 0.15) is 29.3 Å². The van der Waals surface area contributed by atoms with Gasteiger partial charge in [-0.05, 0) is 49.0 Å². The Morgan fingerprint density at radius 3 is 2.85 bits per heavy atom. The van der Waals surface area contributed by atoms with Gasteiger partial charge in [0.25, 0.3) is 5.91 Å². The summed E-state index contributed by atoms with van der Waals surface area (Å²) in [6, 6.07) is 10.7. The molecule has 140 valence electrons. The van der Waals surface area contributed by atoms with Gasteiger partial charge >= 0.3 is 0 Å². The van der Waals surface area contributed by atoms with Crippen molar-refractivity contribution in [3.05, 3.63) is 52.3 Å². The van der Waals surface area contributed by atoms with Gasteiger partial charge in [0, 0.05) is 11.1 Å². The molecule has 0 bridgehead atoms. The highest BCUT2D eigenvalue weighted by Gasteiger charge is 2.10. The minimum Gasteiger partial charge on any atom is -0.493 e. The molecule has 3 aromatic rings. The maximum absolute atomic E-state index is 12.3. The highest BCUT2D eigenvalue weighted by molar-refractivity contribution is 7.71. The molecule has 0 atom stereocenters. The van der Waals surface area contributed by atoms with E-state index in [2.05, 4.69) is 20.5 Å². The van der Waals surface area contributed by atoms with E-state index in [0.29, 0.717) is 34.0 Å². The number of methoxy groups -OCH3 is 1. The van der Waals surface area contributed by atoms with Gasteiger partial charge in [0.15, 0.2) is 16.3 Å². The number of imidazole rings is 1. The lowest BCUT2D eigenvalue weighted by Gasteiger charge is -2.12. The number of benzene rings is 2. The molecule has 0 saturated heterocycles. The number of carbonyl (C=O) groups is 1. The van der Waals surface area contributed by atoms with Crippen molar-refractivity contribution in [3.8, 4) is 11.5 Å². The Labute approximate surface area is 161 Å². The quantitative estimate of drug-likeness (QED) is 0.328. The predicted molar refractivity (Wildman–Crippen MR) is 107 cm³/mol. The Bertz CT molecular complexity index is 1040. The molecule has 8 heteroatoms. The summed E-state index contributed by atoms with van der Waals surface area (Å²) in [4.78, 5) is 18.3. The Balaban J connectivity index is 1.75. The first-order valence-electron chi connectivity index (χ1n) is 8.47. The number of aromatic amines is 2. The molecule has 0 aliphatic carbocycles. The van der Waals surface area contributed by atoms with E-state index in [1.807, 2.05) is 25.1 Å². The van der Waals surface area contributed by atoms with E-state index in [1.165, 1.54) is 6.21 Å². The number of nitrogens with zero attached hydrogens (tertiary/aromatic N) is 1. The summed E-state index contributed by atoms with van der Waals surface area (Å²) < 4.78 is 11.6. The highest BCUT2D eigenvalue weighted by atomic mass is 32.1. The number of hydrogen-bond acceptors (Lipinski definition) is 5. The number of para-hydroxylation sites is 1. The van der Waals surface area contributed by atoms with E-state index in [1.54, 1.807) is 25.3 Å². The van der Waals surface area contributed by atoms with Gasteiger partial charge in [-0.2, -0.15) is 5.10 Å². The SMILES string of the molecule is CCCOc1c(/C=N\NC(=O)c2ccc3[nH]c(=S)[nH]c3c2)cccc1OC. The van der Waals surface area contributed by atoms with Crippen LogP contribution in [-0.4, -0.2) is 35.8 Å². The molecule has 27 heavy (non-hydrogen) atoms. The largest absolute Gasteiger partial charge is 0.493 e. The minimum absolute atomic E-state index is 0.326. The highest BCUT2D eigenvalue weighted by Crippen LogP contribution is 2.30. The van der Waals surface area contributed by atoms with Crippen molar-refractivity contribution < 1.29 is 14.3 Å². The van der Waals surface area contributed by atoms with Gasteiger partial charge in [0.05, 0.1) is 31.0 Å². The van der Waals surface area contributed by atoms with E-state index in [-0.39, 0.29) is 5.91 Å². The van der Waals surface area contributed by atoms with Crippen molar-refractivity contribution in [2.24, 2.45) is 5.10 Å². The normalized spacial score (nSPS) is 11.0. The number of amides is 1. The first-order chi connectivity index (χ1) is 13.1. The second-order valence-corrected chi connectivity index (χ2v) is 6.17. The zero-order chi connectivity index (χ0) is 19.2. The minimum atomic E-state index is -0.326. The lowest BCUT2D eigenvalue weighted by Crippen LogP contribution is -2.17. The summed E-state index contributed by atoms with van der Waals surface area (Å²) in [7, 11) is 1.58. The predicted octanol–water partition coefficient (Wildman–Crippen LogP) is 3.79. The van der Waals surface area contributed by atoms with Gasteiger partial charge in [0.1, 0.15) is 0 Å². The van der Waals surface area contributed by atoms with Crippen molar-refractivity contribution >= 4 is 35.4 Å². The van der Waals surface area contributed by atoms with Crippen molar-refractivity contribution in [1.82, 2.24) is 15.4 Å². The van der Waals surface area contributed by atoms with Crippen molar-refractivity contribution in [1.29, 1.82) is 0 Å². The molecule has 1 aromatic heterocycles. The van der Waals surface area contributed by atoms with Crippen LogP contribution in [0.2, 0.25) is 0 Å². The molecule has 0 aliphatic heterocycles. The molecule has 0 aliphatic rings. The summed E-state index contributed by atoms with van der Waals surface area (Å²) in [5.41, 5.74) is 5.32. The number of aromatic nitrogens is 2. The molecular formula is C19H20N4O3S. The molecule has 0 spiro atoms. The van der Waals surface area contributed by atoms with Crippen molar-refractivity contribution in [2.45, 2.75) is 13.3 Å². The standard InChI is InChI=1S/C19H20N4O3S/c1-3-9-26-17-13(5-4-6-16(17)25-2)11-20-23-18(24)12-7-8-14-15(10-12)22-19(27)21-14/h4-8,10-11H,3,9H2,1-2H3,(H,23,24)(H2,21,22,27)/b20-11-. The Morgan fingerprint density at radius 1 is 1.26 bits per heavy atom. The van der Waals surface area contributed by atoms with Crippen LogP contribution in [0.5, 0.6) is 11.5 Å². The second-order valence-electron chi connectivity index (χ2n) is 5.77. The molecule has 2 aromatic carbocycles. The second kappa shape index (κ2) is 8.50. The number of hydrazone groups is 1. The first kappa shape index (κ1) is 18.7. The van der Waals surface area contributed by atoms with Crippen molar-refractivity contribution in [3.63, 3.8) is 0 Å².